The molecule has 3 heterocycles. The van der Waals surface area contributed by atoms with E-state index < -0.39 is 0 Å². The zero-order valence-electron chi connectivity index (χ0n) is 13.7. The first kappa shape index (κ1) is 16.2. The van der Waals surface area contributed by atoms with Gasteiger partial charge in [-0.3, -0.25) is 14.6 Å². The van der Waals surface area contributed by atoms with Gasteiger partial charge in [0.1, 0.15) is 0 Å². The van der Waals surface area contributed by atoms with E-state index in [4.69, 9.17) is 5.11 Å². The van der Waals surface area contributed by atoms with Gasteiger partial charge in [0.25, 0.3) is 0 Å². The van der Waals surface area contributed by atoms with Crippen LogP contribution in [0.25, 0.3) is 0 Å². The maximum atomic E-state index is 12.2. The molecule has 0 radical (unpaired) electrons. The highest BCUT2D eigenvalue weighted by Gasteiger charge is 2.56. The number of piperazine rings is 1. The Hall–Kier alpha value is -0.690. The minimum atomic E-state index is -0.270. The molecule has 22 heavy (non-hydrogen) atoms. The van der Waals surface area contributed by atoms with Crippen LogP contribution in [-0.2, 0) is 4.79 Å². The van der Waals surface area contributed by atoms with Crippen LogP contribution in [0.5, 0.6) is 0 Å². The second kappa shape index (κ2) is 6.07. The van der Waals surface area contributed by atoms with Crippen LogP contribution in [0.2, 0.25) is 0 Å². The van der Waals surface area contributed by atoms with E-state index in [1.165, 1.54) is 0 Å². The lowest BCUT2D eigenvalue weighted by Gasteiger charge is -2.61. The van der Waals surface area contributed by atoms with Gasteiger partial charge < -0.3 is 15.1 Å². The van der Waals surface area contributed by atoms with Gasteiger partial charge in [-0.15, -0.1) is 0 Å². The largest absolute Gasteiger partial charge is 0.396 e. The van der Waals surface area contributed by atoms with Crippen molar-refractivity contribution in [2.75, 3.05) is 45.9 Å². The lowest BCUT2D eigenvalue weighted by Crippen LogP contribution is -2.78. The van der Waals surface area contributed by atoms with Crippen molar-refractivity contribution in [3.8, 4) is 0 Å². The van der Waals surface area contributed by atoms with Gasteiger partial charge in [-0.05, 0) is 12.3 Å². The molecule has 1 amide bonds. The number of nitrogens with zero attached hydrogens (tertiary/aromatic N) is 3. The molecule has 3 rings (SSSR count). The maximum Gasteiger partial charge on any atom is 0.224 e. The van der Waals surface area contributed by atoms with Crippen molar-refractivity contribution in [1.29, 1.82) is 0 Å². The highest BCUT2D eigenvalue weighted by molar-refractivity contribution is 5.76. The predicted octanol–water partition coefficient (Wildman–Crippen LogP) is -0.643. The van der Waals surface area contributed by atoms with E-state index in [0.717, 1.165) is 39.1 Å². The standard InChI is InChI=1S/C16H29N3O3/c1-12(2)6-17-9-16(10-17)11-18(15(22)3-4-20)7-13-5-14(21)8-19(13)16/h12-14,20-21H,3-11H2,1-2H3/t13-,14+/m0/s1. The molecule has 3 fully saturated rings. The van der Waals surface area contributed by atoms with Crippen LogP contribution in [0.1, 0.15) is 26.7 Å². The summed E-state index contributed by atoms with van der Waals surface area (Å²) >= 11 is 0. The van der Waals surface area contributed by atoms with Gasteiger partial charge >= 0.3 is 0 Å². The number of β-amino-alcohol motifs (C(OH)–C–C–N with tert-alkyl or cyclic N) is 1. The van der Waals surface area contributed by atoms with E-state index in [2.05, 4.69) is 23.6 Å². The number of carbonyl (C=O) groups excluding carboxylic acids is 1. The Morgan fingerprint density at radius 3 is 2.64 bits per heavy atom. The molecule has 0 bridgehead atoms. The second-order valence-corrected chi connectivity index (χ2v) is 7.73. The van der Waals surface area contributed by atoms with E-state index in [-0.39, 0.29) is 36.6 Å². The molecule has 3 aliphatic heterocycles. The molecule has 6 nitrogen and oxygen atoms in total. The summed E-state index contributed by atoms with van der Waals surface area (Å²) in [7, 11) is 0. The second-order valence-electron chi connectivity index (χ2n) is 7.73. The van der Waals surface area contributed by atoms with Crippen molar-refractivity contribution in [2.24, 2.45) is 5.92 Å². The van der Waals surface area contributed by atoms with Gasteiger partial charge in [0, 0.05) is 51.7 Å². The molecule has 3 aliphatic rings. The van der Waals surface area contributed by atoms with Crippen LogP contribution >= 0.6 is 0 Å². The molecule has 0 aromatic carbocycles. The molecular formula is C16H29N3O3. The lowest BCUT2D eigenvalue weighted by molar-refractivity contribution is -0.151. The van der Waals surface area contributed by atoms with E-state index in [9.17, 15) is 9.90 Å². The quantitative estimate of drug-likeness (QED) is 0.723. The summed E-state index contributed by atoms with van der Waals surface area (Å²) < 4.78 is 0. The third-order valence-corrected chi connectivity index (χ3v) is 5.26. The molecule has 1 spiro atoms. The molecule has 3 saturated heterocycles. The molecule has 0 aromatic rings. The number of carbonyl (C=O) groups is 1. The summed E-state index contributed by atoms with van der Waals surface area (Å²) in [5, 5.41) is 19.1. The molecular weight excluding hydrogens is 282 g/mol. The summed E-state index contributed by atoms with van der Waals surface area (Å²) in [6, 6.07) is 0.271. The van der Waals surface area contributed by atoms with Crippen LogP contribution in [0.4, 0.5) is 0 Å². The Bertz CT molecular complexity index is 423. The van der Waals surface area contributed by atoms with Gasteiger partial charge in [-0.25, -0.2) is 0 Å². The minimum absolute atomic E-state index is 0.0143. The molecule has 2 N–H and O–H groups in total. The highest BCUT2D eigenvalue weighted by Crippen LogP contribution is 2.39. The lowest BCUT2D eigenvalue weighted by atomic mass is 9.83. The van der Waals surface area contributed by atoms with Gasteiger partial charge in [-0.2, -0.15) is 0 Å². The van der Waals surface area contributed by atoms with Crippen molar-refractivity contribution in [2.45, 2.75) is 44.4 Å². The fourth-order valence-electron chi connectivity index (χ4n) is 4.57. The number of hydrogen-bond donors (Lipinski definition) is 2. The number of likely N-dealkylation sites (tertiary alicyclic amines) is 1. The third-order valence-electron chi connectivity index (χ3n) is 5.26. The van der Waals surface area contributed by atoms with Crippen molar-refractivity contribution in [1.82, 2.24) is 14.7 Å². The fourth-order valence-corrected chi connectivity index (χ4v) is 4.57. The van der Waals surface area contributed by atoms with Crippen molar-refractivity contribution in [3.63, 3.8) is 0 Å². The minimum Gasteiger partial charge on any atom is -0.396 e. The maximum absolute atomic E-state index is 12.2. The van der Waals surface area contributed by atoms with Gasteiger partial charge in [-0.1, -0.05) is 13.8 Å². The van der Waals surface area contributed by atoms with E-state index in [1.54, 1.807) is 0 Å². The Labute approximate surface area is 132 Å². The highest BCUT2D eigenvalue weighted by atomic mass is 16.3. The molecule has 0 aromatic heterocycles. The average molecular weight is 311 g/mol. The van der Waals surface area contributed by atoms with Gasteiger partial charge in [0.05, 0.1) is 18.2 Å². The Kier molecular flexibility index (Phi) is 4.47. The summed E-state index contributed by atoms with van der Waals surface area (Å²) in [6.07, 6.45) is 0.699. The average Bonchev–Trinajstić information content (AvgIpc) is 2.77. The van der Waals surface area contributed by atoms with E-state index in [0.29, 0.717) is 12.5 Å². The number of aliphatic hydroxyl groups is 2. The normalized spacial score (nSPS) is 31.6. The van der Waals surface area contributed by atoms with Gasteiger partial charge in [0.15, 0.2) is 0 Å². The number of aliphatic hydroxyl groups excluding tert-OH is 2. The number of hydrogen-bond acceptors (Lipinski definition) is 5. The topological polar surface area (TPSA) is 67.2 Å². The number of amides is 1. The fraction of sp³-hybridized carbons (Fsp3) is 0.938. The SMILES string of the molecule is CC(C)CN1CC2(C1)CN(C(=O)CCO)C[C@@H]1C[C@@H](O)CN12. The molecule has 0 aliphatic carbocycles. The van der Waals surface area contributed by atoms with Crippen LogP contribution in [-0.4, -0.2) is 94.4 Å². The van der Waals surface area contributed by atoms with Crippen LogP contribution in [0.3, 0.4) is 0 Å². The molecule has 2 atom stereocenters. The summed E-state index contributed by atoms with van der Waals surface area (Å²) in [4.78, 5) is 19.1. The molecule has 0 unspecified atom stereocenters. The zero-order chi connectivity index (χ0) is 15.9. The van der Waals surface area contributed by atoms with Crippen molar-refractivity contribution in [3.05, 3.63) is 0 Å². The first-order chi connectivity index (χ1) is 10.4. The van der Waals surface area contributed by atoms with Crippen LogP contribution < -0.4 is 0 Å². The zero-order valence-corrected chi connectivity index (χ0v) is 13.7. The Morgan fingerprint density at radius 2 is 2.00 bits per heavy atom. The number of rotatable bonds is 4. The predicted molar refractivity (Wildman–Crippen MR) is 83.4 cm³/mol. The van der Waals surface area contributed by atoms with E-state index >= 15 is 0 Å². The van der Waals surface area contributed by atoms with Crippen LogP contribution in [0, 0.1) is 5.92 Å². The van der Waals surface area contributed by atoms with Crippen molar-refractivity contribution < 1.29 is 15.0 Å². The molecule has 126 valence electrons. The smallest absolute Gasteiger partial charge is 0.224 e. The van der Waals surface area contributed by atoms with Crippen molar-refractivity contribution >= 4 is 5.91 Å². The number of fused-ring (bicyclic) bond motifs is 2. The molecule has 6 heteroatoms. The third kappa shape index (κ3) is 2.89. The summed E-state index contributed by atoms with van der Waals surface area (Å²) in [5.74, 6) is 0.693. The first-order valence-corrected chi connectivity index (χ1v) is 8.49. The monoisotopic (exact) mass is 311 g/mol. The molecule has 0 saturated carbocycles. The summed E-state index contributed by atoms with van der Waals surface area (Å²) in [5.41, 5.74) is 0.0143. The van der Waals surface area contributed by atoms with Crippen LogP contribution in [0.15, 0.2) is 0 Å². The summed E-state index contributed by atoms with van der Waals surface area (Å²) in [6.45, 7) is 9.60. The van der Waals surface area contributed by atoms with E-state index in [1.807, 2.05) is 4.90 Å². The Balaban J connectivity index is 1.71. The van der Waals surface area contributed by atoms with Gasteiger partial charge in [0.2, 0.25) is 5.91 Å². The first-order valence-electron chi connectivity index (χ1n) is 8.49. The Morgan fingerprint density at radius 1 is 1.27 bits per heavy atom.